The van der Waals surface area contributed by atoms with Crippen LogP contribution in [0.15, 0.2) is 121 Å². The van der Waals surface area contributed by atoms with Crippen LogP contribution in [0.5, 0.6) is 0 Å². The maximum Gasteiger partial charge on any atom is 0.306 e. The Morgan fingerprint density at radius 1 is 0.630 bits per heavy atom. The van der Waals surface area contributed by atoms with Gasteiger partial charge in [-0.15, -0.1) is 11.8 Å². The third kappa shape index (κ3) is 13.3. The first-order chi connectivity index (χ1) is 26.0. The van der Waals surface area contributed by atoms with E-state index < -0.39 is 17.5 Å². The third-order valence-electron chi connectivity index (χ3n) is 9.11. The smallest absolute Gasteiger partial charge is 0.306 e. The van der Waals surface area contributed by atoms with Gasteiger partial charge >= 0.3 is 11.9 Å². The zero-order valence-corrected chi connectivity index (χ0v) is 33.0. The van der Waals surface area contributed by atoms with E-state index in [9.17, 15) is 19.2 Å². The monoisotopic (exact) mass is 749 g/mol. The van der Waals surface area contributed by atoms with Gasteiger partial charge in [0.25, 0.3) is 0 Å². The van der Waals surface area contributed by atoms with Gasteiger partial charge < -0.3 is 14.4 Å². The Morgan fingerprint density at radius 3 is 1.67 bits per heavy atom. The van der Waals surface area contributed by atoms with Crippen molar-refractivity contribution >= 4 is 35.4 Å². The van der Waals surface area contributed by atoms with Crippen molar-refractivity contribution in [1.29, 1.82) is 0 Å². The zero-order valence-electron chi connectivity index (χ0n) is 32.2. The molecule has 286 valence electrons. The number of esters is 2. The van der Waals surface area contributed by atoms with Gasteiger partial charge in [0, 0.05) is 32.9 Å². The molecule has 4 aromatic rings. The zero-order chi connectivity index (χ0) is 38.8. The van der Waals surface area contributed by atoms with Gasteiger partial charge in [-0.2, -0.15) is 0 Å². The van der Waals surface area contributed by atoms with Crippen LogP contribution in [0.3, 0.4) is 0 Å². The largest absolute Gasteiger partial charge is 0.461 e. The minimum Gasteiger partial charge on any atom is -0.461 e. The van der Waals surface area contributed by atoms with Gasteiger partial charge in [0.2, 0.25) is 5.91 Å². The van der Waals surface area contributed by atoms with Crippen LogP contribution in [0.25, 0.3) is 0 Å². The lowest BCUT2D eigenvalue weighted by Gasteiger charge is -2.35. The summed E-state index contributed by atoms with van der Waals surface area (Å²) in [6, 6.07) is 41.2. The highest BCUT2D eigenvalue weighted by atomic mass is 32.2. The Hall–Kier alpha value is -4.69. The van der Waals surface area contributed by atoms with Crippen molar-refractivity contribution < 1.29 is 28.7 Å². The van der Waals surface area contributed by atoms with E-state index in [-0.39, 0.29) is 48.3 Å². The van der Waals surface area contributed by atoms with Crippen molar-refractivity contribution in [3.05, 3.63) is 144 Å². The van der Waals surface area contributed by atoms with Crippen molar-refractivity contribution in [1.82, 2.24) is 4.90 Å². The van der Waals surface area contributed by atoms with Crippen LogP contribution in [0, 0.1) is 5.92 Å². The second-order valence-corrected chi connectivity index (χ2v) is 16.0. The summed E-state index contributed by atoms with van der Waals surface area (Å²) in [5.74, 6) is -1.17. The Kier molecular flexibility index (Phi) is 16.6. The number of Topliss-reactive ketones (excluding diaryl/α,β-unsaturated/α-hetero) is 1. The van der Waals surface area contributed by atoms with Crippen LogP contribution in [0.4, 0.5) is 0 Å². The van der Waals surface area contributed by atoms with E-state index in [0.717, 1.165) is 24.2 Å². The summed E-state index contributed by atoms with van der Waals surface area (Å²) < 4.78 is 10.5. The predicted octanol–water partition coefficient (Wildman–Crippen LogP) is 9.56. The van der Waals surface area contributed by atoms with Crippen LogP contribution < -0.4 is 0 Å². The lowest BCUT2D eigenvalue weighted by atomic mass is 9.84. The SMILES string of the molecule is CN(CCCC(=O)OC(C)(C)C)C(=O)[C@@H](CC(=O)CCCCCSC(c1ccccc1)(c1ccccc1)c1ccccc1)CC(=O)OCc1ccccc1. The number of amides is 1. The first kappa shape index (κ1) is 42.1. The van der Waals surface area contributed by atoms with Gasteiger partial charge in [0.1, 0.15) is 18.0 Å². The van der Waals surface area contributed by atoms with Crippen LogP contribution in [0.2, 0.25) is 0 Å². The first-order valence-electron chi connectivity index (χ1n) is 19.0. The molecule has 0 N–H and O–H groups in total. The second-order valence-electron chi connectivity index (χ2n) is 14.7. The Bertz CT molecular complexity index is 1650. The molecule has 0 aliphatic rings. The average molecular weight is 750 g/mol. The fraction of sp³-hybridized carbons (Fsp3) is 0.391. The predicted molar refractivity (Wildman–Crippen MR) is 217 cm³/mol. The molecule has 0 heterocycles. The van der Waals surface area contributed by atoms with Gasteiger partial charge in [0.05, 0.1) is 17.1 Å². The molecule has 0 fully saturated rings. The van der Waals surface area contributed by atoms with Crippen molar-refractivity contribution in [3.63, 3.8) is 0 Å². The minimum absolute atomic E-state index is 0.0381. The topological polar surface area (TPSA) is 90.0 Å². The summed E-state index contributed by atoms with van der Waals surface area (Å²) in [5, 5.41) is 0. The van der Waals surface area contributed by atoms with Gasteiger partial charge in [-0.1, -0.05) is 128 Å². The van der Waals surface area contributed by atoms with Crippen LogP contribution >= 0.6 is 11.8 Å². The van der Waals surface area contributed by atoms with Crippen LogP contribution in [0.1, 0.15) is 94.4 Å². The molecule has 8 heteroatoms. The molecule has 0 aliphatic heterocycles. The molecule has 1 amide bonds. The third-order valence-corrected chi connectivity index (χ3v) is 10.7. The molecule has 7 nitrogen and oxygen atoms in total. The summed E-state index contributed by atoms with van der Waals surface area (Å²) in [7, 11) is 1.64. The molecular weight excluding hydrogens is 695 g/mol. The number of ketones is 1. The van der Waals surface area contributed by atoms with E-state index in [1.807, 2.05) is 81.1 Å². The Morgan fingerprint density at radius 2 is 1.15 bits per heavy atom. The second kappa shape index (κ2) is 21.3. The number of carbonyl (C=O) groups is 4. The molecule has 54 heavy (non-hydrogen) atoms. The molecule has 0 radical (unpaired) electrons. The van der Waals surface area contributed by atoms with Crippen molar-refractivity contribution in [3.8, 4) is 0 Å². The molecule has 0 aliphatic carbocycles. The normalized spacial score (nSPS) is 12.1. The quantitative estimate of drug-likeness (QED) is 0.0476. The number of hydrogen-bond acceptors (Lipinski definition) is 7. The molecule has 0 bridgehead atoms. The average Bonchev–Trinajstić information content (AvgIpc) is 3.17. The number of benzene rings is 4. The van der Waals surface area contributed by atoms with E-state index in [4.69, 9.17) is 9.47 Å². The summed E-state index contributed by atoms with van der Waals surface area (Å²) in [6.45, 7) is 5.83. The lowest BCUT2D eigenvalue weighted by Crippen LogP contribution is -2.36. The Labute approximate surface area is 325 Å². The lowest BCUT2D eigenvalue weighted by molar-refractivity contribution is -0.155. The van der Waals surface area contributed by atoms with E-state index in [1.165, 1.54) is 21.6 Å². The summed E-state index contributed by atoms with van der Waals surface area (Å²) >= 11 is 1.91. The molecule has 0 saturated carbocycles. The van der Waals surface area contributed by atoms with Crippen LogP contribution in [-0.2, 0) is 40.0 Å². The maximum atomic E-state index is 13.6. The minimum atomic E-state index is -0.842. The highest BCUT2D eigenvalue weighted by Gasteiger charge is 2.36. The highest BCUT2D eigenvalue weighted by Crippen LogP contribution is 2.48. The molecule has 0 saturated heterocycles. The number of unbranched alkanes of at least 4 members (excludes halogenated alkanes) is 2. The molecule has 0 spiro atoms. The molecule has 4 rings (SSSR count). The fourth-order valence-electron chi connectivity index (χ4n) is 6.49. The molecule has 0 aromatic heterocycles. The van der Waals surface area contributed by atoms with Crippen molar-refractivity contribution in [2.45, 2.75) is 89.1 Å². The van der Waals surface area contributed by atoms with Crippen LogP contribution in [-0.4, -0.2) is 53.5 Å². The van der Waals surface area contributed by atoms with E-state index in [1.54, 1.807) is 7.05 Å². The number of rotatable bonds is 21. The number of ether oxygens (including phenoxy) is 2. The van der Waals surface area contributed by atoms with Gasteiger partial charge in [-0.3, -0.25) is 19.2 Å². The maximum absolute atomic E-state index is 13.6. The molecule has 0 unspecified atom stereocenters. The molecule has 1 atom stereocenters. The van der Waals surface area contributed by atoms with E-state index in [2.05, 4.69) is 72.8 Å². The standard InChI is InChI=1S/C46H55NO6S/c1-45(2,3)53-42(49)30-20-31-47(4)44(51)37(34-43(50)52-35-36-21-10-5-11-22-36)33-41(48)29-18-9-19-32-54-46(38-23-12-6-13-24-38,39-25-14-7-15-26-39)40-27-16-8-17-28-40/h5-8,10-17,21-28,37H,9,18-20,29-35H2,1-4H3/t37-/m0/s1. The number of thioether (sulfide) groups is 1. The fourth-order valence-corrected chi connectivity index (χ4v) is 8.05. The van der Waals surface area contributed by atoms with Crippen molar-refractivity contribution in [2.75, 3.05) is 19.3 Å². The van der Waals surface area contributed by atoms with Crippen molar-refractivity contribution in [2.24, 2.45) is 5.92 Å². The van der Waals surface area contributed by atoms with Gasteiger partial charge in [-0.25, -0.2) is 0 Å². The van der Waals surface area contributed by atoms with E-state index in [0.29, 0.717) is 25.8 Å². The Balaban J connectivity index is 1.34. The highest BCUT2D eigenvalue weighted by molar-refractivity contribution is 8.00. The molecular formula is C46H55NO6S. The number of hydrogen-bond donors (Lipinski definition) is 0. The first-order valence-corrected chi connectivity index (χ1v) is 19.9. The van der Waals surface area contributed by atoms with Gasteiger partial charge in [0.15, 0.2) is 0 Å². The number of nitrogens with zero attached hydrogens (tertiary/aromatic N) is 1. The molecule has 4 aromatic carbocycles. The summed E-state index contributed by atoms with van der Waals surface area (Å²) in [5.41, 5.74) is 3.91. The van der Waals surface area contributed by atoms with E-state index >= 15 is 0 Å². The summed E-state index contributed by atoms with van der Waals surface area (Å²) in [6.07, 6.45) is 3.15. The summed E-state index contributed by atoms with van der Waals surface area (Å²) in [4.78, 5) is 53.6. The number of carbonyl (C=O) groups excluding carboxylic acids is 4. The van der Waals surface area contributed by atoms with Gasteiger partial charge in [-0.05, 0) is 68.0 Å².